The minimum atomic E-state index is -0.952. The molecule has 1 fully saturated rings. The lowest BCUT2D eigenvalue weighted by Gasteiger charge is -2.15. The van der Waals surface area contributed by atoms with Gasteiger partial charge in [0.1, 0.15) is 0 Å². The maximum atomic E-state index is 13.1. The SMILES string of the molecule is N#CC1CC(=O)N(c2ccc(F)c([N+](=O)[O-])c2)C1. The van der Waals surface area contributed by atoms with Crippen molar-refractivity contribution in [2.45, 2.75) is 6.42 Å². The van der Waals surface area contributed by atoms with Gasteiger partial charge in [0.2, 0.25) is 11.7 Å². The fourth-order valence-electron chi connectivity index (χ4n) is 1.85. The zero-order valence-corrected chi connectivity index (χ0v) is 9.17. The zero-order valence-electron chi connectivity index (χ0n) is 9.17. The number of hydrogen-bond donors (Lipinski definition) is 0. The van der Waals surface area contributed by atoms with Crippen LogP contribution in [-0.2, 0) is 4.79 Å². The van der Waals surface area contributed by atoms with E-state index in [0.29, 0.717) is 0 Å². The fraction of sp³-hybridized carbons (Fsp3) is 0.273. The first-order valence-corrected chi connectivity index (χ1v) is 5.17. The number of benzene rings is 1. The Labute approximate surface area is 101 Å². The largest absolute Gasteiger partial charge is 0.311 e. The Bertz CT molecular complexity index is 567. The summed E-state index contributed by atoms with van der Waals surface area (Å²) in [7, 11) is 0. The summed E-state index contributed by atoms with van der Waals surface area (Å²) in [6.45, 7) is 0.179. The van der Waals surface area contributed by atoms with Gasteiger partial charge in [-0.15, -0.1) is 0 Å². The third-order valence-electron chi connectivity index (χ3n) is 2.75. The van der Waals surface area contributed by atoms with Crippen molar-refractivity contribution in [3.05, 3.63) is 34.1 Å². The van der Waals surface area contributed by atoms with Crippen molar-refractivity contribution >= 4 is 17.3 Å². The molecule has 1 atom stereocenters. The van der Waals surface area contributed by atoms with E-state index in [-0.39, 0.29) is 24.6 Å². The Morgan fingerprint density at radius 1 is 1.56 bits per heavy atom. The summed E-state index contributed by atoms with van der Waals surface area (Å²) in [6, 6.07) is 5.22. The molecule has 1 aromatic rings. The molecule has 0 spiro atoms. The van der Waals surface area contributed by atoms with Gasteiger partial charge in [-0.2, -0.15) is 9.65 Å². The van der Waals surface area contributed by atoms with Crippen LogP contribution in [0.2, 0.25) is 0 Å². The van der Waals surface area contributed by atoms with Crippen molar-refractivity contribution in [1.29, 1.82) is 5.26 Å². The van der Waals surface area contributed by atoms with Crippen molar-refractivity contribution in [1.82, 2.24) is 0 Å². The van der Waals surface area contributed by atoms with Crippen molar-refractivity contribution in [2.24, 2.45) is 5.92 Å². The molecule has 18 heavy (non-hydrogen) atoms. The Kier molecular flexibility index (Phi) is 2.93. The summed E-state index contributed by atoms with van der Waals surface area (Å²) >= 11 is 0. The number of rotatable bonds is 2. The van der Waals surface area contributed by atoms with Crippen molar-refractivity contribution < 1.29 is 14.1 Å². The highest BCUT2D eigenvalue weighted by molar-refractivity contribution is 5.96. The van der Waals surface area contributed by atoms with E-state index in [0.717, 1.165) is 12.1 Å². The van der Waals surface area contributed by atoms with Crippen LogP contribution in [0.4, 0.5) is 15.8 Å². The number of hydrogen-bond acceptors (Lipinski definition) is 4. The van der Waals surface area contributed by atoms with E-state index in [9.17, 15) is 19.3 Å². The van der Waals surface area contributed by atoms with Crippen LogP contribution < -0.4 is 4.90 Å². The first-order chi connectivity index (χ1) is 8.52. The Morgan fingerprint density at radius 3 is 2.83 bits per heavy atom. The van der Waals surface area contributed by atoms with Crippen LogP contribution in [0.1, 0.15) is 6.42 Å². The Hall–Kier alpha value is -2.49. The normalized spacial score (nSPS) is 18.8. The molecule has 0 radical (unpaired) electrons. The van der Waals surface area contributed by atoms with Crippen LogP contribution in [-0.4, -0.2) is 17.4 Å². The Morgan fingerprint density at radius 2 is 2.28 bits per heavy atom. The molecule has 0 saturated carbocycles. The van der Waals surface area contributed by atoms with Gasteiger partial charge in [0.25, 0.3) is 0 Å². The molecule has 92 valence electrons. The second kappa shape index (κ2) is 4.41. The minimum Gasteiger partial charge on any atom is -0.311 e. The maximum Gasteiger partial charge on any atom is 0.306 e. The molecule has 1 aliphatic heterocycles. The molecule has 1 aliphatic rings. The minimum absolute atomic E-state index is 0.0850. The summed E-state index contributed by atoms with van der Waals surface area (Å²) in [5.74, 6) is -1.67. The number of amides is 1. The van der Waals surface area contributed by atoms with Crippen LogP contribution in [0, 0.1) is 33.2 Å². The van der Waals surface area contributed by atoms with Crippen LogP contribution in [0.3, 0.4) is 0 Å². The van der Waals surface area contributed by atoms with Gasteiger partial charge in [0, 0.05) is 19.0 Å². The molecular formula is C11H8FN3O3. The van der Waals surface area contributed by atoms with Crippen molar-refractivity contribution in [2.75, 3.05) is 11.4 Å². The predicted octanol–water partition coefficient (Wildman–Crippen LogP) is 1.61. The lowest BCUT2D eigenvalue weighted by Crippen LogP contribution is -2.24. The second-order valence-electron chi connectivity index (χ2n) is 3.93. The fourth-order valence-corrected chi connectivity index (χ4v) is 1.85. The molecule has 1 amide bonds. The number of carbonyl (C=O) groups excluding carboxylic acids is 1. The van der Waals surface area contributed by atoms with Gasteiger partial charge in [0.05, 0.1) is 22.6 Å². The molecule has 1 saturated heterocycles. The predicted molar refractivity (Wildman–Crippen MR) is 59.1 cm³/mol. The lowest BCUT2D eigenvalue weighted by atomic mass is 10.1. The third kappa shape index (κ3) is 2.00. The highest BCUT2D eigenvalue weighted by Gasteiger charge is 2.31. The van der Waals surface area contributed by atoms with Crippen molar-refractivity contribution in [3.63, 3.8) is 0 Å². The quantitative estimate of drug-likeness (QED) is 0.588. The molecule has 0 aliphatic carbocycles. The van der Waals surface area contributed by atoms with Crippen LogP contribution in [0.25, 0.3) is 0 Å². The van der Waals surface area contributed by atoms with E-state index in [1.165, 1.54) is 11.0 Å². The summed E-state index contributed by atoms with van der Waals surface area (Å²) < 4.78 is 13.1. The van der Waals surface area contributed by atoms with Gasteiger partial charge in [-0.1, -0.05) is 0 Å². The highest BCUT2D eigenvalue weighted by atomic mass is 19.1. The molecular weight excluding hydrogens is 241 g/mol. The second-order valence-corrected chi connectivity index (χ2v) is 3.93. The molecule has 1 heterocycles. The van der Waals surface area contributed by atoms with Gasteiger partial charge in [0.15, 0.2) is 0 Å². The molecule has 6 nitrogen and oxygen atoms in total. The van der Waals surface area contributed by atoms with Gasteiger partial charge in [-0.3, -0.25) is 14.9 Å². The van der Waals surface area contributed by atoms with E-state index >= 15 is 0 Å². The van der Waals surface area contributed by atoms with E-state index < -0.39 is 22.3 Å². The first-order valence-electron chi connectivity index (χ1n) is 5.17. The summed E-state index contributed by atoms with van der Waals surface area (Å²) in [4.78, 5) is 22.6. The molecule has 0 aromatic heterocycles. The number of nitro benzene ring substituents is 1. The summed E-state index contributed by atoms with van der Waals surface area (Å²) in [5.41, 5.74) is -0.438. The van der Waals surface area contributed by atoms with E-state index in [1.807, 2.05) is 6.07 Å². The lowest BCUT2D eigenvalue weighted by molar-refractivity contribution is -0.387. The Balaban J connectivity index is 2.35. The number of anilines is 1. The number of halogens is 1. The van der Waals surface area contributed by atoms with Crippen LogP contribution in [0.15, 0.2) is 18.2 Å². The summed E-state index contributed by atoms with van der Waals surface area (Å²) in [6.07, 6.45) is 0.0850. The molecule has 0 N–H and O–H groups in total. The topological polar surface area (TPSA) is 87.2 Å². The van der Waals surface area contributed by atoms with Gasteiger partial charge in [-0.05, 0) is 12.1 Å². The number of carbonyl (C=O) groups is 1. The molecule has 7 heteroatoms. The third-order valence-corrected chi connectivity index (χ3v) is 2.75. The smallest absolute Gasteiger partial charge is 0.306 e. The monoisotopic (exact) mass is 249 g/mol. The van der Waals surface area contributed by atoms with E-state index in [1.54, 1.807) is 0 Å². The first kappa shape index (κ1) is 12.0. The average molecular weight is 249 g/mol. The van der Waals surface area contributed by atoms with E-state index in [4.69, 9.17) is 5.26 Å². The average Bonchev–Trinajstić information content (AvgIpc) is 2.71. The van der Waals surface area contributed by atoms with Gasteiger partial charge >= 0.3 is 5.69 Å². The highest BCUT2D eigenvalue weighted by Crippen LogP contribution is 2.29. The van der Waals surface area contributed by atoms with Gasteiger partial charge in [-0.25, -0.2) is 0 Å². The number of nitro groups is 1. The zero-order chi connectivity index (χ0) is 13.3. The number of nitrogens with zero attached hydrogens (tertiary/aromatic N) is 3. The van der Waals surface area contributed by atoms with E-state index in [2.05, 4.69) is 0 Å². The molecule has 2 rings (SSSR count). The van der Waals surface area contributed by atoms with Crippen LogP contribution >= 0.6 is 0 Å². The van der Waals surface area contributed by atoms with Crippen LogP contribution in [0.5, 0.6) is 0 Å². The molecule has 1 aromatic carbocycles. The molecule has 1 unspecified atom stereocenters. The molecule has 0 bridgehead atoms. The maximum absolute atomic E-state index is 13.1. The number of nitriles is 1. The van der Waals surface area contributed by atoms with Crippen molar-refractivity contribution in [3.8, 4) is 6.07 Å². The van der Waals surface area contributed by atoms with Gasteiger partial charge < -0.3 is 4.90 Å². The summed E-state index contributed by atoms with van der Waals surface area (Å²) in [5, 5.41) is 19.3. The standard InChI is InChI=1S/C11H8FN3O3/c12-9-2-1-8(4-10(9)15(17)18)14-6-7(5-13)3-11(14)16/h1-2,4,7H,3,6H2.